The van der Waals surface area contributed by atoms with Crippen LogP contribution in [0.4, 0.5) is 0 Å². The third-order valence-electron chi connectivity index (χ3n) is 2.13. The fourth-order valence-corrected chi connectivity index (χ4v) is 1.67. The van der Waals surface area contributed by atoms with Gasteiger partial charge in [-0.25, -0.2) is 0 Å². The summed E-state index contributed by atoms with van der Waals surface area (Å²) >= 11 is 11.4. The van der Waals surface area contributed by atoms with E-state index in [9.17, 15) is 0 Å². The second-order valence-corrected chi connectivity index (χ2v) is 4.47. The highest BCUT2D eigenvalue weighted by Crippen LogP contribution is 2.12. The molecular weight excluding hydrogens is 243 g/mol. The van der Waals surface area contributed by atoms with Gasteiger partial charge in [0, 0.05) is 12.8 Å². The number of hydrogen-bond donors (Lipinski definition) is 0. The van der Waals surface area contributed by atoms with Crippen molar-refractivity contribution in [3.63, 3.8) is 0 Å². The van der Waals surface area contributed by atoms with E-state index in [1.165, 1.54) is 0 Å². The molecule has 0 aliphatic heterocycles. The summed E-state index contributed by atoms with van der Waals surface area (Å²) in [5.41, 5.74) is 2.02. The summed E-state index contributed by atoms with van der Waals surface area (Å²) < 4.78 is 0. The molecule has 0 bridgehead atoms. The average Bonchev–Trinajstić information content (AvgIpc) is 2.31. The van der Waals surface area contributed by atoms with E-state index < -0.39 is 10.8 Å². The maximum absolute atomic E-state index is 8.57. The first kappa shape index (κ1) is 12.8. The SMILES string of the molecule is N#CC(Cl)Cc1ccc(CC(Cl)C#N)cc1. The van der Waals surface area contributed by atoms with E-state index in [0.717, 1.165) is 11.1 Å². The van der Waals surface area contributed by atoms with Gasteiger partial charge in [-0.05, 0) is 11.1 Å². The molecule has 0 heterocycles. The molecule has 82 valence electrons. The molecule has 0 aliphatic carbocycles. The summed E-state index contributed by atoms with van der Waals surface area (Å²) in [4.78, 5) is 0. The number of hydrogen-bond acceptors (Lipinski definition) is 2. The van der Waals surface area contributed by atoms with Crippen LogP contribution in [0.1, 0.15) is 11.1 Å². The quantitative estimate of drug-likeness (QED) is 0.774. The van der Waals surface area contributed by atoms with Crippen molar-refractivity contribution in [1.29, 1.82) is 10.5 Å². The molecule has 1 aromatic rings. The Morgan fingerprint density at radius 1 is 0.875 bits per heavy atom. The van der Waals surface area contributed by atoms with Crippen LogP contribution in [-0.2, 0) is 12.8 Å². The predicted octanol–water partition coefficient (Wildman–Crippen LogP) is 3.03. The predicted molar refractivity (Wildman–Crippen MR) is 64.4 cm³/mol. The molecule has 0 saturated carbocycles. The summed E-state index contributed by atoms with van der Waals surface area (Å²) in [6.45, 7) is 0. The van der Waals surface area contributed by atoms with Gasteiger partial charge in [0.05, 0.1) is 12.1 Å². The molecular formula is C12H10Cl2N2. The molecule has 16 heavy (non-hydrogen) atoms. The number of nitriles is 2. The lowest BCUT2D eigenvalue weighted by molar-refractivity contribution is 0.993. The second-order valence-electron chi connectivity index (χ2n) is 3.42. The smallest absolute Gasteiger partial charge is 0.124 e. The van der Waals surface area contributed by atoms with Gasteiger partial charge in [0.15, 0.2) is 0 Å². The fraction of sp³-hybridized carbons (Fsp3) is 0.333. The maximum Gasteiger partial charge on any atom is 0.124 e. The number of nitrogens with zero attached hydrogens (tertiary/aromatic N) is 2. The van der Waals surface area contributed by atoms with E-state index in [-0.39, 0.29) is 0 Å². The minimum absolute atomic E-state index is 0.495. The van der Waals surface area contributed by atoms with E-state index in [0.29, 0.717) is 12.8 Å². The summed E-state index contributed by atoms with van der Waals surface area (Å²) in [5.74, 6) is 0. The standard InChI is InChI=1S/C12H10Cl2N2/c13-11(7-15)5-9-1-2-10(4-3-9)6-12(14)8-16/h1-4,11-12H,5-6H2. The summed E-state index contributed by atoms with van der Waals surface area (Å²) in [7, 11) is 0. The van der Waals surface area contributed by atoms with Crippen molar-refractivity contribution in [1.82, 2.24) is 0 Å². The van der Waals surface area contributed by atoms with Crippen molar-refractivity contribution in [3.8, 4) is 12.1 Å². The van der Waals surface area contributed by atoms with Gasteiger partial charge < -0.3 is 0 Å². The molecule has 1 aromatic carbocycles. The third-order valence-corrected chi connectivity index (χ3v) is 2.64. The van der Waals surface area contributed by atoms with Crippen molar-refractivity contribution in [3.05, 3.63) is 35.4 Å². The largest absolute Gasteiger partial charge is 0.197 e. The molecule has 2 nitrogen and oxygen atoms in total. The maximum atomic E-state index is 8.57. The van der Waals surface area contributed by atoms with Crippen molar-refractivity contribution in [2.24, 2.45) is 0 Å². The minimum Gasteiger partial charge on any atom is -0.197 e. The molecule has 0 aromatic heterocycles. The molecule has 0 radical (unpaired) electrons. The van der Waals surface area contributed by atoms with Crippen LogP contribution >= 0.6 is 23.2 Å². The minimum atomic E-state index is -0.495. The molecule has 0 amide bonds. The van der Waals surface area contributed by atoms with Crippen LogP contribution in [0, 0.1) is 22.7 Å². The zero-order valence-corrected chi connectivity index (χ0v) is 10.0. The van der Waals surface area contributed by atoms with Gasteiger partial charge >= 0.3 is 0 Å². The van der Waals surface area contributed by atoms with E-state index >= 15 is 0 Å². The van der Waals surface area contributed by atoms with E-state index in [4.69, 9.17) is 33.7 Å². The van der Waals surface area contributed by atoms with Crippen LogP contribution in [-0.4, -0.2) is 10.8 Å². The molecule has 0 aliphatic rings. The summed E-state index contributed by atoms with van der Waals surface area (Å²) in [6, 6.07) is 11.6. The second kappa shape index (κ2) is 6.38. The molecule has 1 rings (SSSR count). The summed E-state index contributed by atoms with van der Waals surface area (Å²) in [5, 5.41) is 16.1. The van der Waals surface area contributed by atoms with Crippen molar-refractivity contribution >= 4 is 23.2 Å². The van der Waals surface area contributed by atoms with Gasteiger partial charge in [-0.1, -0.05) is 24.3 Å². The Kier molecular flexibility index (Phi) is 5.12. The van der Waals surface area contributed by atoms with E-state index in [1.807, 2.05) is 36.4 Å². The van der Waals surface area contributed by atoms with Crippen LogP contribution in [0.15, 0.2) is 24.3 Å². The van der Waals surface area contributed by atoms with Crippen LogP contribution in [0.5, 0.6) is 0 Å². The molecule has 0 saturated heterocycles. The lowest BCUT2D eigenvalue weighted by atomic mass is 10.0. The van der Waals surface area contributed by atoms with Gasteiger partial charge in [-0.15, -0.1) is 23.2 Å². The Bertz CT molecular complexity index is 373. The van der Waals surface area contributed by atoms with Gasteiger partial charge in [-0.3, -0.25) is 0 Å². The Balaban J connectivity index is 2.62. The Labute approximate surface area is 105 Å². The first-order valence-corrected chi connectivity index (χ1v) is 5.68. The average molecular weight is 253 g/mol. The number of halogens is 2. The third kappa shape index (κ3) is 4.11. The summed E-state index contributed by atoms with van der Waals surface area (Å²) in [6.07, 6.45) is 1.06. The van der Waals surface area contributed by atoms with Gasteiger partial charge in [0.1, 0.15) is 10.8 Å². The van der Waals surface area contributed by atoms with Crippen molar-refractivity contribution in [2.45, 2.75) is 23.6 Å². The lowest BCUT2D eigenvalue weighted by Gasteiger charge is -2.04. The Morgan fingerprint density at radius 3 is 1.44 bits per heavy atom. The van der Waals surface area contributed by atoms with Gasteiger partial charge in [0.2, 0.25) is 0 Å². The highest BCUT2D eigenvalue weighted by Gasteiger charge is 2.06. The first-order valence-electron chi connectivity index (χ1n) is 4.81. The van der Waals surface area contributed by atoms with Crippen LogP contribution in [0.2, 0.25) is 0 Å². The lowest BCUT2D eigenvalue weighted by Crippen LogP contribution is -2.01. The van der Waals surface area contributed by atoms with E-state index in [2.05, 4.69) is 0 Å². The highest BCUT2D eigenvalue weighted by molar-refractivity contribution is 6.22. The van der Waals surface area contributed by atoms with Gasteiger partial charge in [0.25, 0.3) is 0 Å². The zero-order chi connectivity index (χ0) is 12.0. The molecule has 0 N–H and O–H groups in total. The Hall–Kier alpha value is -1.22. The normalized spacial score (nSPS) is 13.5. The van der Waals surface area contributed by atoms with Crippen LogP contribution in [0.25, 0.3) is 0 Å². The molecule has 2 unspecified atom stereocenters. The molecule has 0 spiro atoms. The Morgan fingerprint density at radius 2 is 1.19 bits per heavy atom. The van der Waals surface area contributed by atoms with Crippen molar-refractivity contribution in [2.75, 3.05) is 0 Å². The monoisotopic (exact) mass is 252 g/mol. The zero-order valence-electron chi connectivity index (χ0n) is 8.53. The number of alkyl halides is 2. The van der Waals surface area contributed by atoms with Crippen molar-refractivity contribution < 1.29 is 0 Å². The fourth-order valence-electron chi connectivity index (χ4n) is 1.32. The number of benzene rings is 1. The van der Waals surface area contributed by atoms with Gasteiger partial charge in [-0.2, -0.15) is 10.5 Å². The van der Waals surface area contributed by atoms with E-state index in [1.54, 1.807) is 0 Å². The topological polar surface area (TPSA) is 47.6 Å². The van der Waals surface area contributed by atoms with Crippen LogP contribution < -0.4 is 0 Å². The molecule has 2 atom stereocenters. The number of rotatable bonds is 4. The first-order chi connectivity index (χ1) is 7.65. The van der Waals surface area contributed by atoms with Crippen LogP contribution in [0.3, 0.4) is 0 Å². The molecule has 0 fully saturated rings. The molecule has 4 heteroatoms. The highest BCUT2D eigenvalue weighted by atomic mass is 35.5.